The summed E-state index contributed by atoms with van der Waals surface area (Å²) in [5.41, 5.74) is 14.7. The standard InChI is InChI=1S/C41H45N9O4.C26H28N6O3.C21H23N3O2/c1-26-12-14-29(15-13-26)50-37(21-34(49-50)40(2,3)4)48-38(51)46-32-16-17-33(31-11-9-8-10-30(31)32)53-25-27-18-19-42-35(20-27)47-36-24-43-28(22-44-36)23-45-39(52)54-41(5,6)7;1-26(2,3)35-25(33)31-14-18-13-30-24(15-29-18)32-23-12-17(10-11-28-23)16-34-22-9-8-21(27)19-6-4-5-7-20(19)22;1-15-10-12-16(13-11-15)24-19(14-18(23-24)21(2,3)4)22-20(25)26-17-8-6-5-7-9-17/h8-22,24H,23,25H2,1-7H3,(H,45,52)(H,42,44,47)(H2,46,48,51);4-13,15H,14,16,27H2,1-3H3,(H,31,33)(H,28,30,32);5-14H,1-4H3,(H,22,25). The second-order valence-electron chi connectivity index (χ2n) is 31.0. The number of urea groups is 1. The van der Waals surface area contributed by atoms with Crippen molar-refractivity contribution in [1.29, 1.82) is 0 Å². The number of hydrogen-bond donors (Lipinski definition) is 8. The van der Waals surface area contributed by atoms with E-state index in [4.69, 9.17) is 34.5 Å². The summed E-state index contributed by atoms with van der Waals surface area (Å²) in [6, 6.07) is 58.9. The molecule has 0 unspecified atom stereocenters. The third-order valence-corrected chi connectivity index (χ3v) is 17.0. The number of benzene rings is 7. The summed E-state index contributed by atoms with van der Waals surface area (Å²) in [6.07, 6.45) is 8.12. The smallest absolute Gasteiger partial charge is 0.418 e. The Bertz CT molecular complexity index is 5500. The van der Waals surface area contributed by atoms with E-state index in [1.165, 1.54) is 0 Å². The van der Waals surface area contributed by atoms with E-state index in [0.717, 1.165) is 78.0 Å². The molecular weight excluding hydrogens is 1450 g/mol. The molecule has 6 heterocycles. The van der Waals surface area contributed by atoms with Crippen LogP contribution in [0, 0.1) is 13.8 Å². The summed E-state index contributed by atoms with van der Waals surface area (Å²) in [4.78, 5) is 75.6. The van der Waals surface area contributed by atoms with Gasteiger partial charge in [-0.2, -0.15) is 10.2 Å². The molecule has 9 N–H and O–H groups in total. The van der Waals surface area contributed by atoms with Gasteiger partial charge in [-0.1, -0.05) is 144 Å². The minimum atomic E-state index is -0.585. The van der Waals surface area contributed by atoms with Crippen LogP contribution >= 0.6 is 0 Å². The van der Waals surface area contributed by atoms with Crippen LogP contribution in [0.1, 0.15) is 128 Å². The number of alkyl carbamates (subject to hydrolysis) is 2. The lowest BCUT2D eigenvalue weighted by atomic mass is 9.92. The number of nitrogen functional groups attached to an aromatic ring is 1. The van der Waals surface area contributed by atoms with Crippen LogP contribution in [0.25, 0.3) is 32.9 Å². The summed E-state index contributed by atoms with van der Waals surface area (Å²) in [5, 5.41) is 33.6. The second kappa shape index (κ2) is 36.5. The van der Waals surface area contributed by atoms with E-state index in [-0.39, 0.29) is 30.5 Å². The Morgan fingerprint density at radius 3 is 1.30 bits per heavy atom. The van der Waals surface area contributed by atoms with Gasteiger partial charge in [-0.3, -0.25) is 20.6 Å². The van der Waals surface area contributed by atoms with E-state index in [0.29, 0.717) is 70.1 Å². The molecule has 0 bridgehead atoms. The van der Waals surface area contributed by atoms with Crippen LogP contribution in [0.2, 0.25) is 0 Å². The van der Waals surface area contributed by atoms with Crippen LogP contribution in [0.5, 0.6) is 17.2 Å². The molecule has 0 aliphatic carbocycles. The maximum Gasteiger partial charge on any atom is 0.418 e. The van der Waals surface area contributed by atoms with Crippen molar-refractivity contribution in [2.45, 2.75) is 145 Å². The van der Waals surface area contributed by atoms with E-state index in [1.807, 2.05) is 211 Å². The lowest BCUT2D eigenvalue weighted by molar-refractivity contribution is 0.0511. The van der Waals surface area contributed by atoms with Crippen LogP contribution in [-0.4, -0.2) is 85.0 Å². The Labute approximate surface area is 668 Å². The number of aryl methyl sites for hydroxylation is 2. The first kappa shape index (κ1) is 82.0. The number of amides is 5. The molecule has 0 aliphatic rings. The Kier molecular flexibility index (Phi) is 26.0. The van der Waals surface area contributed by atoms with Crippen molar-refractivity contribution in [1.82, 2.24) is 60.1 Å². The van der Waals surface area contributed by atoms with E-state index in [1.54, 1.807) is 79.4 Å². The molecule has 0 aliphatic heterocycles. The third-order valence-electron chi connectivity index (χ3n) is 17.0. The molecular formula is C88H96N18O9. The molecule has 0 atom stereocenters. The number of fused-ring (bicyclic) bond motifs is 2. The highest BCUT2D eigenvalue weighted by molar-refractivity contribution is 6.07. The molecule has 5 amide bonds. The molecule has 6 aromatic heterocycles. The second-order valence-corrected chi connectivity index (χ2v) is 31.0. The fourth-order valence-corrected chi connectivity index (χ4v) is 11.2. The number of carbonyl (C=O) groups is 4. The van der Waals surface area contributed by atoms with Crippen molar-refractivity contribution in [3.63, 3.8) is 0 Å². The van der Waals surface area contributed by atoms with Crippen LogP contribution in [0.3, 0.4) is 0 Å². The molecule has 7 aromatic carbocycles. The average molecular weight is 1550 g/mol. The summed E-state index contributed by atoms with van der Waals surface area (Å²) >= 11 is 0. The largest absolute Gasteiger partial charge is 0.488 e. The number of nitrogens with one attached hydrogen (secondary N) is 7. The van der Waals surface area contributed by atoms with Crippen molar-refractivity contribution in [3.05, 3.63) is 270 Å². The minimum absolute atomic E-state index is 0.143. The molecule has 13 aromatic rings. The summed E-state index contributed by atoms with van der Waals surface area (Å²) in [6.45, 7) is 28.5. The normalized spacial score (nSPS) is 11.4. The number of anilines is 8. The molecule has 0 saturated heterocycles. The highest BCUT2D eigenvalue weighted by Crippen LogP contribution is 2.35. The number of carbonyl (C=O) groups excluding carboxylic acids is 4. The number of pyridine rings is 2. The van der Waals surface area contributed by atoms with Crippen LogP contribution < -0.4 is 57.2 Å². The number of aromatic nitrogens is 10. The monoisotopic (exact) mass is 1550 g/mol. The minimum Gasteiger partial charge on any atom is -0.488 e. The van der Waals surface area contributed by atoms with Gasteiger partial charge >= 0.3 is 24.3 Å². The molecule has 0 spiro atoms. The zero-order chi connectivity index (χ0) is 82.0. The first-order valence-electron chi connectivity index (χ1n) is 37.3. The van der Waals surface area contributed by atoms with Crippen molar-refractivity contribution < 1.29 is 42.9 Å². The third kappa shape index (κ3) is 24.0. The fourth-order valence-electron chi connectivity index (χ4n) is 11.2. The van der Waals surface area contributed by atoms with Crippen LogP contribution in [-0.2, 0) is 46.6 Å². The topological polar surface area (TPSA) is 338 Å². The Morgan fingerprint density at radius 1 is 0.417 bits per heavy atom. The predicted molar refractivity (Wildman–Crippen MR) is 449 cm³/mol. The molecule has 27 nitrogen and oxygen atoms in total. The van der Waals surface area contributed by atoms with E-state index >= 15 is 0 Å². The van der Waals surface area contributed by atoms with Crippen LogP contribution in [0.4, 0.5) is 65.5 Å². The molecule has 115 heavy (non-hydrogen) atoms. The maximum absolute atomic E-state index is 13.5. The lowest BCUT2D eigenvalue weighted by Gasteiger charge is -2.19. The summed E-state index contributed by atoms with van der Waals surface area (Å²) in [7, 11) is 0. The van der Waals surface area contributed by atoms with Crippen molar-refractivity contribution in [2.75, 3.05) is 32.3 Å². The molecule has 13 rings (SSSR count). The Hall–Kier alpha value is -14.0. The predicted octanol–water partition coefficient (Wildman–Crippen LogP) is 18.9. The summed E-state index contributed by atoms with van der Waals surface area (Å²) < 4.78 is 31.7. The van der Waals surface area contributed by atoms with Gasteiger partial charge in [-0.05, 0) is 151 Å². The Balaban J connectivity index is 0.000000183. The lowest BCUT2D eigenvalue weighted by Crippen LogP contribution is -2.32. The number of hydrogen-bond acceptors (Lipinski definition) is 20. The van der Waals surface area contributed by atoms with Crippen molar-refractivity contribution in [3.8, 4) is 28.6 Å². The number of rotatable bonds is 20. The highest BCUT2D eigenvalue weighted by Gasteiger charge is 2.25. The van der Waals surface area contributed by atoms with Gasteiger partial charge in [-0.25, -0.2) is 48.5 Å². The van der Waals surface area contributed by atoms with Gasteiger partial charge in [0.15, 0.2) is 0 Å². The van der Waals surface area contributed by atoms with Gasteiger partial charge < -0.3 is 56.0 Å². The number of nitrogens with zero attached hydrogens (tertiary/aromatic N) is 10. The van der Waals surface area contributed by atoms with Gasteiger partial charge in [-0.15, -0.1) is 0 Å². The fraction of sp³-hybridized carbons (Fsp3) is 0.250. The number of para-hydroxylation sites is 1. The van der Waals surface area contributed by atoms with Crippen molar-refractivity contribution in [2.24, 2.45) is 0 Å². The van der Waals surface area contributed by atoms with E-state index < -0.39 is 35.5 Å². The van der Waals surface area contributed by atoms with Gasteiger partial charge in [0.2, 0.25) is 0 Å². The summed E-state index contributed by atoms with van der Waals surface area (Å²) in [5.74, 6) is 5.26. The maximum atomic E-state index is 13.5. The quantitative estimate of drug-likeness (QED) is 0.0329. The van der Waals surface area contributed by atoms with Crippen LogP contribution in [0.15, 0.2) is 225 Å². The zero-order valence-electron chi connectivity index (χ0n) is 66.9. The first-order chi connectivity index (χ1) is 54.8. The zero-order valence-corrected chi connectivity index (χ0v) is 66.9. The SMILES string of the molecule is CC(C)(C)OC(=O)NCc1cnc(Nc2cc(COc3ccc(N)c4ccccc34)ccn2)cn1.Cc1ccc(-n2nc(C(C)(C)C)cc2NC(=O)Nc2ccc(OCc3ccnc(Nc4cnc(CNC(=O)OC(C)(C)C)cn4)c3)c3ccccc23)cc1.Cc1ccc(-n2nc(C(C)(C)C)cc2NC(=O)Oc2ccccc2)cc1. The van der Waals surface area contributed by atoms with Crippen molar-refractivity contribution >= 4 is 92.1 Å². The first-order valence-corrected chi connectivity index (χ1v) is 37.3. The molecule has 0 radical (unpaired) electrons. The average Bonchev–Trinajstić information content (AvgIpc) is 1.69. The van der Waals surface area contributed by atoms with Gasteiger partial charge in [0.25, 0.3) is 0 Å². The Morgan fingerprint density at radius 2 is 0.852 bits per heavy atom. The van der Waals surface area contributed by atoms with Gasteiger partial charge in [0, 0.05) is 62.6 Å². The molecule has 27 heteroatoms. The molecule has 0 saturated carbocycles. The van der Waals surface area contributed by atoms with Gasteiger partial charge in [0.1, 0.15) is 76.6 Å². The number of nitrogens with two attached hydrogens (primary N) is 1. The highest BCUT2D eigenvalue weighted by atomic mass is 16.6. The van der Waals surface area contributed by atoms with E-state index in [9.17, 15) is 19.2 Å². The number of ether oxygens (including phenoxy) is 5. The molecule has 592 valence electrons. The molecule has 0 fully saturated rings. The van der Waals surface area contributed by atoms with Gasteiger partial charge in [0.05, 0.1) is 77.7 Å². The van der Waals surface area contributed by atoms with E-state index in [2.05, 4.69) is 114 Å².